The summed E-state index contributed by atoms with van der Waals surface area (Å²) in [7, 11) is 0. The topological polar surface area (TPSA) is 77.9 Å². The van der Waals surface area contributed by atoms with E-state index in [1.807, 2.05) is 18.2 Å². The second-order valence-electron chi connectivity index (χ2n) is 8.01. The maximum Gasteiger partial charge on any atom is 0.354 e. The van der Waals surface area contributed by atoms with E-state index < -0.39 is 5.97 Å². The number of fused-ring (bicyclic) bond motifs is 1. The fourth-order valence-electron chi connectivity index (χ4n) is 3.58. The molecule has 6 nitrogen and oxygen atoms in total. The highest BCUT2D eigenvalue weighted by atomic mass is 16.5. The summed E-state index contributed by atoms with van der Waals surface area (Å²) in [4.78, 5) is 16.0. The number of hydrogen-bond acceptors (Lipinski definition) is 5. The fraction of sp³-hybridized carbons (Fsp3) is 0.565. The molecule has 1 aromatic heterocycles. The molecular weight excluding hydrogens is 370 g/mol. The quantitative estimate of drug-likeness (QED) is 0.466. The lowest BCUT2D eigenvalue weighted by Crippen LogP contribution is -2.16. The van der Waals surface area contributed by atoms with Crippen molar-refractivity contribution in [3.05, 3.63) is 30.0 Å². The van der Waals surface area contributed by atoms with Gasteiger partial charge in [0.25, 0.3) is 0 Å². The molecule has 0 atom stereocenters. The van der Waals surface area contributed by atoms with Crippen LogP contribution in [0.4, 0.5) is 0 Å². The van der Waals surface area contributed by atoms with Crippen LogP contribution in [-0.2, 0) is 4.74 Å². The molecule has 158 valence electrons. The van der Waals surface area contributed by atoms with Gasteiger partial charge in [-0.2, -0.15) is 0 Å². The number of benzene rings is 1. The number of aromatic nitrogens is 1. The van der Waals surface area contributed by atoms with Crippen molar-refractivity contribution in [2.45, 2.75) is 58.5 Å². The average Bonchev–Trinajstić information content (AvgIpc) is 2.96. The Bertz CT molecular complexity index is 812. The fourth-order valence-corrected chi connectivity index (χ4v) is 3.58. The van der Waals surface area contributed by atoms with Gasteiger partial charge in [-0.25, -0.2) is 9.78 Å². The molecule has 0 spiro atoms. The molecule has 0 aliphatic heterocycles. The maximum absolute atomic E-state index is 11.6. The highest BCUT2D eigenvalue weighted by molar-refractivity contribution is 5.95. The van der Waals surface area contributed by atoms with Crippen molar-refractivity contribution in [2.24, 2.45) is 5.92 Å². The first-order valence-electron chi connectivity index (χ1n) is 10.6. The zero-order chi connectivity index (χ0) is 20.6. The molecule has 0 radical (unpaired) electrons. The minimum absolute atomic E-state index is 0.0486. The minimum Gasteiger partial charge on any atom is -0.490 e. The smallest absolute Gasteiger partial charge is 0.354 e. The molecule has 2 aromatic rings. The van der Waals surface area contributed by atoms with Crippen LogP contribution in [0.2, 0.25) is 0 Å². The van der Waals surface area contributed by atoms with Crippen LogP contribution in [0.3, 0.4) is 0 Å². The van der Waals surface area contributed by atoms with E-state index in [0.29, 0.717) is 42.8 Å². The Labute approximate surface area is 172 Å². The van der Waals surface area contributed by atoms with Crippen molar-refractivity contribution in [2.75, 3.05) is 19.8 Å². The van der Waals surface area contributed by atoms with Crippen LogP contribution in [0.15, 0.2) is 24.3 Å². The molecule has 0 saturated heterocycles. The molecular formula is C23H31NO5. The second-order valence-corrected chi connectivity index (χ2v) is 8.01. The van der Waals surface area contributed by atoms with Gasteiger partial charge in [-0.15, -0.1) is 0 Å². The number of aromatic carboxylic acids is 1. The summed E-state index contributed by atoms with van der Waals surface area (Å²) in [5.74, 6) is 0.487. The Morgan fingerprint density at radius 3 is 2.59 bits per heavy atom. The van der Waals surface area contributed by atoms with Gasteiger partial charge in [0, 0.05) is 18.1 Å². The molecule has 1 aliphatic carbocycles. The number of pyridine rings is 1. The first-order chi connectivity index (χ1) is 14.0. The van der Waals surface area contributed by atoms with Gasteiger partial charge >= 0.3 is 5.97 Å². The second kappa shape index (κ2) is 10.4. The lowest BCUT2D eigenvalue weighted by atomic mass is 10.1. The predicted octanol–water partition coefficient (Wildman–Crippen LogP) is 5.09. The summed E-state index contributed by atoms with van der Waals surface area (Å²) in [5.41, 5.74) is 0.488. The van der Waals surface area contributed by atoms with E-state index >= 15 is 0 Å². The molecule has 1 N–H and O–H groups in total. The maximum atomic E-state index is 11.6. The van der Waals surface area contributed by atoms with Gasteiger partial charge < -0.3 is 19.3 Å². The van der Waals surface area contributed by atoms with Crippen molar-refractivity contribution in [1.82, 2.24) is 4.98 Å². The number of rotatable bonds is 9. The summed E-state index contributed by atoms with van der Waals surface area (Å²) in [5, 5.41) is 10.3. The molecule has 1 saturated carbocycles. The summed E-state index contributed by atoms with van der Waals surface area (Å²) in [6.07, 6.45) is 6.99. The van der Waals surface area contributed by atoms with E-state index in [4.69, 9.17) is 14.2 Å². The lowest BCUT2D eigenvalue weighted by molar-refractivity contribution is 0.0689. The third kappa shape index (κ3) is 6.07. The third-order valence-corrected chi connectivity index (χ3v) is 5.02. The zero-order valence-electron chi connectivity index (χ0n) is 17.4. The minimum atomic E-state index is -1.09. The Balaban J connectivity index is 1.83. The lowest BCUT2D eigenvalue weighted by Gasteiger charge is -2.19. The molecule has 1 aromatic carbocycles. The summed E-state index contributed by atoms with van der Waals surface area (Å²) in [6, 6.07) is 7.13. The molecule has 3 rings (SSSR count). The third-order valence-electron chi connectivity index (χ3n) is 5.02. The molecule has 0 unspecified atom stereocenters. The van der Waals surface area contributed by atoms with E-state index in [2.05, 4.69) is 18.8 Å². The molecule has 1 aliphatic rings. The van der Waals surface area contributed by atoms with Gasteiger partial charge in [0.1, 0.15) is 23.6 Å². The van der Waals surface area contributed by atoms with Crippen LogP contribution in [0.25, 0.3) is 10.9 Å². The summed E-state index contributed by atoms with van der Waals surface area (Å²) < 4.78 is 17.7. The number of nitrogens with zero attached hydrogens (tertiary/aromatic N) is 1. The Hall–Kier alpha value is -2.34. The van der Waals surface area contributed by atoms with Crippen molar-refractivity contribution >= 4 is 16.9 Å². The number of para-hydroxylation sites is 1. The standard InChI is InChI=1S/C23H31NO5/c1-16(2)15-27-12-13-28-21-14-19(23(25)26)24-22-18(21)10-7-11-20(22)29-17-8-5-3-4-6-9-17/h7,10-11,14,16-17H,3-6,8-9,12-13,15H2,1-2H3,(H,25,26). The van der Waals surface area contributed by atoms with Crippen LogP contribution in [0.1, 0.15) is 62.9 Å². The van der Waals surface area contributed by atoms with Crippen molar-refractivity contribution in [1.29, 1.82) is 0 Å². The van der Waals surface area contributed by atoms with E-state index in [1.54, 1.807) is 0 Å². The largest absolute Gasteiger partial charge is 0.490 e. The van der Waals surface area contributed by atoms with Gasteiger partial charge in [0.2, 0.25) is 0 Å². The SMILES string of the molecule is CC(C)COCCOc1cc(C(=O)O)nc2c(OC3CCCCCC3)cccc12. The average molecular weight is 402 g/mol. The van der Waals surface area contributed by atoms with Crippen molar-refractivity contribution in [3.63, 3.8) is 0 Å². The van der Waals surface area contributed by atoms with Crippen molar-refractivity contribution < 1.29 is 24.1 Å². The molecule has 1 heterocycles. The number of ether oxygens (including phenoxy) is 3. The molecule has 29 heavy (non-hydrogen) atoms. The number of carboxylic acids is 1. The number of hydrogen-bond donors (Lipinski definition) is 1. The molecule has 0 bridgehead atoms. The first kappa shape index (κ1) is 21.4. The van der Waals surface area contributed by atoms with Gasteiger partial charge in [0.05, 0.1) is 12.7 Å². The summed E-state index contributed by atoms with van der Waals surface area (Å²) >= 11 is 0. The summed E-state index contributed by atoms with van der Waals surface area (Å²) in [6.45, 7) is 5.64. The van der Waals surface area contributed by atoms with Crippen LogP contribution < -0.4 is 9.47 Å². The van der Waals surface area contributed by atoms with Gasteiger partial charge in [-0.05, 0) is 43.7 Å². The van der Waals surface area contributed by atoms with Crippen LogP contribution in [-0.4, -0.2) is 42.0 Å². The predicted molar refractivity (Wildman–Crippen MR) is 112 cm³/mol. The Morgan fingerprint density at radius 2 is 1.90 bits per heavy atom. The van der Waals surface area contributed by atoms with Crippen LogP contribution >= 0.6 is 0 Å². The van der Waals surface area contributed by atoms with Gasteiger partial charge in [0.15, 0.2) is 5.69 Å². The van der Waals surface area contributed by atoms with Crippen LogP contribution in [0, 0.1) is 5.92 Å². The highest BCUT2D eigenvalue weighted by Crippen LogP contribution is 2.33. The Kier molecular flexibility index (Phi) is 7.69. The van der Waals surface area contributed by atoms with E-state index in [9.17, 15) is 9.90 Å². The van der Waals surface area contributed by atoms with Gasteiger partial charge in [-0.1, -0.05) is 32.8 Å². The number of carbonyl (C=O) groups is 1. The van der Waals surface area contributed by atoms with E-state index in [-0.39, 0.29) is 11.8 Å². The van der Waals surface area contributed by atoms with Crippen LogP contribution in [0.5, 0.6) is 11.5 Å². The van der Waals surface area contributed by atoms with E-state index in [0.717, 1.165) is 31.1 Å². The monoisotopic (exact) mass is 401 g/mol. The number of carboxylic acid groups (broad SMARTS) is 1. The zero-order valence-corrected chi connectivity index (χ0v) is 17.4. The normalized spacial score (nSPS) is 15.4. The molecule has 0 amide bonds. The van der Waals surface area contributed by atoms with E-state index in [1.165, 1.54) is 18.9 Å². The Morgan fingerprint density at radius 1 is 1.14 bits per heavy atom. The highest BCUT2D eigenvalue weighted by Gasteiger charge is 2.19. The molecule has 6 heteroatoms. The van der Waals surface area contributed by atoms with Gasteiger partial charge in [-0.3, -0.25) is 0 Å². The molecule has 1 fully saturated rings. The van der Waals surface area contributed by atoms with Crippen molar-refractivity contribution in [3.8, 4) is 11.5 Å². The first-order valence-corrected chi connectivity index (χ1v) is 10.6.